The molecule has 0 radical (unpaired) electrons. The summed E-state index contributed by atoms with van der Waals surface area (Å²) in [5.74, 6) is -1.51. The molecule has 0 saturated heterocycles. The molecule has 0 amide bonds. The molecule has 0 aromatic carbocycles. The fourth-order valence-electron chi connectivity index (χ4n) is 7.44. The summed E-state index contributed by atoms with van der Waals surface area (Å²) in [6.07, 6.45) is 45.7. The molecular weight excluding hydrogens is 753 g/mol. The highest BCUT2D eigenvalue weighted by Crippen LogP contribution is 2.13. The molecule has 0 aliphatic carbocycles. The fourth-order valence-corrected chi connectivity index (χ4v) is 7.44. The van der Waals surface area contributed by atoms with Crippen LogP contribution in [0.2, 0.25) is 0 Å². The average molecular weight is 851 g/mol. The van der Waals surface area contributed by atoms with E-state index in [-0.39, 0.29) is 18.9 Å². The van der Waals surface area contributed by atoms with Gasteiger partial charge in [-0.2, -0.15) is 0 Å². The van der Waals surface area contributed by atoms with Crippen molar-refractivity contribution in [2.24, 2.45) is 0 Å². The van der Waals surface area contributed by atoms with Gasteiger partial charge in [0.25, 0.3) is 0 Å². The minimum absolute atomic E-state index is 0.0599. The van der Waals surface area contributed by atoms with Gasteiger partial charge in [0.15, 0.2) is 0 Å². The van der Waals surface area contributed by atoms with E-state index in [2.05, 4.69) is 48.0 Å². The van der Waals surface area contributed by atoms with Gasteiger partial charge < -0.3 is 34.2 Å². The minimum atomic E-state index is -0.757. The molecule has 0 aliphatic rings. The Morgan fingerprint density at radius 1 is 0.433 bits per heavy atom. The van der Waals surface area contributed by atoms with Gasteiger partial charge in [0.05, 0.1) is 52.0 Å². The summed E-state index contributed by atoms with van der Waals surface area (Å²) in [6, 6.07) is 0. The molecule has 0 rings (SSSR count). The lowest BCUT2D eigenvalue weighted by Crippen LogP contribution is -2.32. The van der Waals surface area contributed by atoms with Crippen LogP contribution >= 0.6 is 0 Å². The van der Waals surface area contributed by atoms with Gasteiger partial charge in [-0.25, -0.2) is 0 Å². The van der Waals surface area contributed by atoms with Gasteiger partial charge in [-0.1, -0.05) is 154 Å². The molecule has 1 unspecified atom stereocenters. The molecule has 60 heavy (non-hydrogen) atoms. The van der Waals surface area contributed by atoms with Crippen molar-refractivity contribution in [1.29, 1.82) is 0 Å². The Labute approximate surface area is 370 Å². The summed E-state index contributed by atoms with van der Waals surface area (Å²) in [6.45, 7) is 13.5. The Kier molecular flexibility index (Phi) is 46.8. The van der Waals surface area contributed by atoms with Crippen molar-refractivity contribution in [3.8, 4) is 0 Å². The number of aliphatic carboxylic acids is 2. The van der Waals surface area contributed by atoms with Crippen LogP contribution in [0.1, 0.15) is 213 Å². The second-order valence-corrected chi connectivity index (χ2v) is 17.2. The summed E-state index contributed by atoms with van der Waals surface area (Å²) < 4.78 is 17.7. The summed E-state index contributed by atoms with van der Waals surface area (Å²) >= 11 is 0. The Bertz CT molecular complexity index is 962. The van der Waals surface area contributed by atoms with E-state index in [1.807, 2.05) is 6.92 Å². The molecule has 9 heteroatoms. The van der Waals surface area contributed by atoms with E-state index in [4.69, 9.17) is 14.2 Å². The molecule has 0 saturated carbocycles. The number of unbranched alkanes of at least 4 members (excludes halogenated alkanes) is 24. The first-order valence-corrected chi connectivity index (χ1v) is 25.3. The Morgan fingerprint density at radius 2 is 0.783 bits per heavy atom. The number of allylic oxidation sites excluding steroid dienone is 4. The third kappa shape index (κ3) is 47.3. The van der Waals surface area contributed by atoms with Crippen molar-refractivity contribution < 1.29 is 34.0 Å². The Hall–Kier alpha value is -1.78. The molecule has 354 valence electrons. The molecule has 1 atom stereocenters. The number of ether oxygens (including phenoxy) is 3. The molecule has 0 bridgehead atoms. The van der Waals surface area contributed by atoms with Crippen molar-refractivity contribution in [1.82, 2.24) is 9.80 Å². The quantitative estimate of drug-likeness (QED) is 0.0457. The van der Waals surface area contributed by atoms with E-state index in [0.29, 0.717) is 46.1 Å². The summed E-state index contributed by atoms with van der Waals surface area (Å²) in [5.41, 5.74) is 0. The molecule has 0 fully saturated rings. The number of hydrogen-bond acceptors (Lipinski definition) is 7. The van der Waals surface area contributed by atoms with Crippen LogP contribution in [-0.4, -0.2) is 110 Å². The second-order valence-electron chi connectivity index (χ2n) is 17.2. The smallest absolute Gasteiger partial charge is 0.304 e. The fraction of sp³-hybridized carbons (Fsp3) is 0.882. The first-order valence-electron chi connectivity index (χ1n) is 25.3. The normalized spacial score (nSPS) is 12.6. The number of carbonyl (C=O) groups is 2. The van der Waals surface area contributed by atoms with E-state index in [1.165, 1.54) is 167 Å². The maximum Gasteiger partial charge on any atom is 0.304 e. The van der Waals surface area contributed by atoms with Crippen molar-refractivity contribution in [2.75, 3.05) is 72.3 Å². The van der Waals surface area contributed by atoms with Crippen LogP contribution in [0.3, 0.4) is 0 Å². The molecule has 0 aliphatic heterocycles. The van der Waals surface area contributed by atoms with Crippen molar-refractivity contribution in [3.63, 3.8) is 0 Å². The Balaban J connectivity index is 3.96. The van der Waals surface area contributed by atoms with Crippen LogP contribution < -0.4 is 0 Å². The zero-order valence-corrected chi connectivity index (χ0v) is 39.7. The van der Waals surface area contributed by atoms with Gasteiger partial charge in [0.2, 0.25) is 0 Å². The van der Waals surface area contributed by atoms with Crippen LogP contribution in [-0.2, 0) is 23.8 Å². The maximum absolute atomic E-state index is 11.2. The predicted octanol–water partition coefficient (Wildman–Crippen LogP) is 13.1. The molecule has 9 nitrogen and oxygen atoms in total. The number of carboxylic acids is 2. The van der Waals surface area contributed by atoms with Crippen molar-refractivity contribution in [2.45, 2.75) is 219 Å². The van der Waals surface area contributed by atoms with Gasteiger partial charge in [-0.3, -0.25) is 9.59 Å². The molecular formula is C51H98N2O7. The number of carboxylic acid groups (broad SMARTS) is 2. The highest BCUT2D eigenvalue weighted by Gasteiger charge is 2.10. The first kappa shape index (κ1) is 58.2. The van der Waals surface area contributed by atoms with Crippen LogP contribution in [0.4, 0.5) is 0 Å². The topological polar surface area (TPSA) is 109 Å². The maximum atomic E-state index is 11.2. The highest BCUT2D eigenvalue weighted by molar-refractivity contribution is 5.67. The lowest BCUT2D eigenvalue weighted by molar-refractivity contribution is -0.138. The van der Waals surface area contributed by atoms with Crippen LogP contribution in [0, 0.1) is 0 Å². The standard InChI is InChI=1S/C51H98N2O7/c1-4-6-8-10-12-14-16-18-20-22-24-26-28-30-32-34-38-52(40-36-50(54)55)42-44-58-46-47-60-49(3)48-59-45-43-53(41-37-51(56)57)39-35-33-31-29-27-25-23-21-19-17-15-13-11-9-7-5-2/h18-21,49H,4-17,22-48H2,1-3H3,(H,54,55)(H,56,57)/b20-18-,21-19-. The number of nitrogens with zero attached hydrogens (tertiary/aromatic N) is 2. The van der Waals surface area contributed by atoms with E-state index in [0.717, 1.165) is 39.0 Å². The third-order valence-corrected chi connectivity index (χ3v) is 11.3. The monoisotopic (exact) mass is 851 g/mol. The largest absolute Gasteiger partial charge is 0.481 e. The Morgan fingerprint density at radius 3 is 1.17 bits per heavy atom. The SMILES string of the molecule is CCCCCCCC/C=C\CCCCCCCCN(CCOCCOC(C)COCCN(CCCCCCCC/C=C\CCCCCCCC)CCC(=O)O)CCC(=O)O. The summed E-state index contributed by atoms with van der Waals surface area (Å²) in [4.78, 5) is 26.9. The number of hydrogen-bond donors (Lipinski definition) is 2. The third-order valence-electron chi connectivity index (χ3n) is 11.3. The van der Waals surface area contributed by atoms with Gasteiger partial charge in [0, 0.05) is 26.2 Å². The van der Waals surface area contributed by atoms with Crippen LogP contribution in [0.5, 0.6) is 0 Å². The minimum Gasteiger partial charge on any atom is -0.481 e. The van der Waals surface area contributed by atoms with Gasteiger partial charge >= 0.3 is 11.9 Å². The van der Waals surface area contributed by atoms with Gasteiger partial charge in [0.1, 0.15) is 0 Å². The molecule has 2 N–H and O–H groups in total. The lowest BCUT2D eigenvalue weighted by atomic mass is 10.1. The van der Waals surface area contributed by atoms with Crippen molar-refractivity contribution >= 4 is 11.9 Å². The van der Waals surface area contributed by atoms with Gasteiger partial charge in [-0.05, 0) is 84.2 Å². The van der Waals surface area contributed by atoms with Crippen LogP contribution in [0.15, 0.2) is 24.3 Å². The van der Waals surface area contributed by atoms with E-state index in [1.54, 1.807) is 0 Å². The van der Waals surface area contributed by atoms with E-state index in [9.17, 15) is 19.8 Å². The molecule has 0 spiro atoms. The highest BCUT2D eigenvalue weighted by atomic mass is 16.5. The van der Waals surface area contributed by atoms with Gasteiger partial charge in [-0.15, -0.1) is 0 Å². The first-order chi connectivity index (χ1) is 29.4. The summed E-state index contributed by atoms with van der Waals surface area (Å²) in [5, 5.41) is 18.4. The lowest BCUT2D eigenvalue weighted by Gasteiger charge is -2.22. The molecule has 0 aromatic heterocycles. The van der Waals surface area contributed by atoms with Crippen LogP contribution in [0.25, 0.3) is 0 Å². The second kappa shape index (κ2) is 48.3. The average Bonchev–Trinajstić information content (AvgIpc) is 3.23. The number of rotatable bonds is 50. The summed E-state index contributed by atoms with van der Waals surface area (Å²) in [7, 11) is 0. The molecule has 0 aromatic rings. The zero-order chi connectivity index (χ0) is 43.8. The zero-order valence-electron chi connectivity index (χ0n) is 39.7. The predicted molar refractivity (Wildman–Crippen MR) is 253 cm³/mol. The van der Waals surface area contributed by atoms with Crippen molar-refractivity contribution in [3.05, 3.63) is 24.3 Å². The van der Waals surface area contributed by atoms with E-state index >= 15 is 0 Å². The van der Waals surface area contributed by atoms with E-state index < -0.39 is 11.9 Å². The molecule has 0 heterocycles.